The molecule has 1 unspecified atom stereocenters. The maximum Gasteiger partial charge on any atom is 0.454 e. The van der Waals surface area contributed by atoms with Gasteiger partial charge in [-0.05, 0) is 64.3 Å². The maximum absolute atomic E-state index is 16.5. The SMILES string of the molecule is FC(F)(F)C(F)(F)C1C2=CN=C1C(c1ccccc1)=C1C=CC(=N1)C(c1ccccc1)=c1ccc([nH]1)=C(c1ccccc1)C1=NC(=C2c2ccccc2)C=C1. The molecule has 1 aromatic heterocycles. The molecule has 0 amide bonds. The van der Waals surface area contributed by atoms with Crippen LogP contribution in [0.25, 0.3) is 22.3 Å². The Morgan fingerprint density at radius 2 is 0.855 bits per heavy atom. The molecule has 9 rings (SSSR count). The first-order valence-corrected chi connectivity index (χ1v) is 17.6. The van der Waals surface area contributed by atoms with Gasteiger partial charge in [0, 0.05) is 39.2 Å². The number of aromatic amines is 1. The summed E-state index contributed by atoms with van der Waals surface area (Å²) in [6, 6.07) is 40.1. The standard InChI is InChI=1S/C46H29F5N4/c47-45(48,46(49,50)51)43-32-27-52-44(43)42(31-19-11-4-12-20-31)38-26-25-37(55-38)41(30-17-9-3-10-18-30)36-24-23-35(54-36)40(29-15-7-2-8-16-29)34-22-21-33(53-34)39(32)28-13-5-1-6-14-28/h1-27,43,54H. The summed E-state index contributed by atoms with van der Waals surface area (Å²) < 4.78 is 77.3. The van der Waals surface area contributed by atoms with Gasteiger partial charge in [-0.3, -0.25) is 4.99 Å². The fourth-order valence-electron chi connectivity index (χ4n) is 7.54. The van der Waals surface area contributed by atoms with Gasteiger partial charge in [0.2, 0.25) is 0 Å². The number of alkyl halides is 5. The lowest BCUT2D eigenvalue weighted by molar-refractivity contribution is -0.289. The lowest BCUT2D eigenvalue weighted by atomic mass is 9.78. The molecule has 0 spiro atoms. The highest BCUT2D eigenvalue weighted by molar-refractivity contribution is 6.34. The van der Waals surface area contributed by atoms with Crippen LogP contribution < -0.4 is 10.7 Å². The van der Waals surface area contributed by atoms with Crippen LogP contribution in [0.15, 0.2) is 196 Å². The zero-order valence-electron chi connectivity index (χ0n) is 28.9. The molecule has 5 heterocycles. The van der Waals surface area contributed by atoms with E-state index in [1.165, 1.54) is 0 Å². The fourth-order valence-corrected chi connectivity index (χ4v) is 7.54. The largest absolute Gasteiger partial charge is 0.454 e. The molecule has 268 valence electrons. The first-order valence-electron chi connectivity index (χ1n) is 17.6. The van der Waals surface area contributed by atoms with Crippen LogP contribution in [-0.2, 0) is 0 Å². The molecule has 0 aliphatic carbocycles. The van der Waals surface area contributed by atoms with Crippen LogP contribution in [0.4, 0.5) is 22.0 Å². The second kappa shape index (κ2) is 13.3. The lowest BCUT2D eigenvalue weighted by Crippen LogP contribution is -2.47. The van der Waals surface area contributed by atoms with Crippen LogP contribution in [0.2, 0.25) is 0 Å². The van der Waals surface area contributed by atoms with Gasteiger partial charge in [-0.15, -0.1) is 0 Å². The number of aliphatic imine (C=N–C) groups is 3. The van der Waals surface area contributed by atoms with Crippen molar-refractivity contribution in [3.05, 3.63) is 214 Å². The molecule has 4 nitrogen and oxygen atoms in total. The van der Waals surface area contributed by atoms with Crippen LogP contribution in [-0.4, -0.2) is 34.2 Å². The molecule has 0 fully saturated rings. The molecular weight excluding hydrogens is 704 g/mol. The molecular formula is C46H29F5N4. The quantitative estimate of drug-likeness (QED) is 0.175. The third kappa shape index (κ3) is 5.88. The first kappa shape index (κ1) is 34.1. The average Bonchev–Trinajstić information content (AvgIpc) is 4.03. The molecule has 55 heavy (non-hydrogen) atoms. The molecule has 1 atom stereocenters. The van der Waals surface area contributed by atoms with E-state index >= 15 is 8.78 Å². The Bertz CT molecular complexity index is 2550. The molecule has 0 radical (unpaired) electrons. The Morgan fingerprint density at radius 3 is 1.29 bits per heavy atom. The maximum atomic E-state index is 16.5. The number of nitrogens with one attached hydrogen (secondary N) is 1. The van der Waals surface area contributed by atoms with Crippen LogP contribution in [0.1, 0.15) is 22.3 Å². The van der Waals surface area contributed by atoms with Crippen molar-refractivity contribution < 1.29 is 22.0 Å². The number of fused-ring (bicyclic) bond motifs is 6. The van der Waals surface area contributed by atoms with Gasteiger partial charge < -0.3 is 4.98 Å². The molecule has 0 saturated heterocycles. The van der Waals surface area contributed by atoms with E-state index in [2.05, 4.69) is 9.98 Å². The normalized spacial score (nSPS) is 18.2. The van der Waals surface area contributed by atoms with E-state index in [-0.39, 0.29) is 28.1 Å². The van der Waals surface area contributed by atoms with E-state index in [0.717, 1.165) is 33.6 Å². The number of aromatic nitrogens is 1. The van der Waals surface area contributed by atoms with Crippen molar-refractivity contribution in [2.75, 3.05) is 0 Å². The van der Waals surface area contributed by atoms with Crippen LogP contribution in [0, 0.1) is 5.92 Å². The van der Waals surface area contributed by atoms with Crippen molar-refractivity contribution in [3.63, 3.8) is 0 Å². The topological polar surface area (TPSA) is 52.9 Å². The zero-order valence-corrected chi connectivity index (χ0v) is 28.9. The van der Waals surface area contributed by atoms with Gasteiger partial charge in [-0.1, -0.05) is 121 Å². The summed E-state index contributed by atoms with van der Waals surface area (Å²) in [4.78, 5) is 18.1. The Labute approximate surface area is 312 Å². The van der Waals surface area contributed by atoms with Gasteiger partial charge in [0.05, 0.1) is 28.5 Å². The Balaban J connectivity index is 1.44. The second-order valence-corrected chi connectivity index (χ2v) is 13.3. The number of nitrogens with zero attached hydrogens (tertiary/aromatic N) is 3. The summed E-state index contributed by atoms with van der Waals surface area (Å²) >= 11 is 0. The molecule has 8 bridgehead atoms. The number of benzene rings is 4. The summed E-state index contributed by atoms with van der Waals surface area (Å²) in [5.41, 5.74) is 4.76. The van der Waals surface area contributed by atoms with E-state index in [4.69, 9.17) is 9.98 Å². The van der Waals surface area contributed by atoms with Gasteiger partial charge in [-0.2, -0.15) is 22.0 Å². The monoisotopic (exact) mass is 732 g/mol. The van der Waals surface area contributed by atoms with Crippen LogP contribution in [0.5, 0.6) is 0 Å². The molecule has 4 aromatic carbocycles. The van der Waals surface area contributed by atoms with Crippen molar-refractivity contribution in [2.24, 2.45) is 20.9 Å². The van der Waals surface area contributed by atoms with E-state index in [0.29, 0.717) is 28.1 Å². The average molecular weight is 733 g/mol. The zero-order chi connectivity index (χ0) is 37.7. The Kier molecular flexibility index (Phi) is 8.22. The lowest BCUT2D eigenvalue weighted by Gasteiger charge is -2.31. The van der Waals surface area contributed by atoms with Gasteiger partial charge in [0.15, 0.2) is 0 Å². The smallest absolute Gasteiger partial charge is 0.354 e. The van der Waals surface area contributed by atoms with Crippen molar-refractivity contribution in [2.45, 2.75) is 12.1 Å². The number of hydrogen-bond donors (Lipinski definition) is 1. The van der Waals surface area contributed by atoms with Gasteiger partial charge in [0.25, 0.3) is 0 Å². The third-order valence-corrected chi connectivity index (χ3v) is 9.99. The first-order chi connectivity index (χ1) is 26.7. The van der Waals surface area contributed by atoms with E-state index in [1.54, 1.807) is 85.0 Å². The molecule has 1 N–H and O–H groups in total. The molecule has 4 aliphatic rings. The Hall–Kier alpha value is -6.74. The van der Waals surface area contributed by atoms with Gasteiger partial charge in [-0.25, -0.2) is 9.98 Å². The predicted molar refractivity (Wildman–Crippen MR) is 208 cm³/mol. The second-order valence-electron chi connectivity index (χ2n) is 13.3. The predicted octanol–water partition coefficient (Wildman–Crippen LogP) is 9.42. The summed E-state index contributed by atoms with van der Waals surface area (Å²) in [5, 5.41) is 1.45. The minimum absolute atomic E-state index is 0.0713. The third-order valence-electron chi connectivity index (χ3n) is 9.99. The summed E-state index contributed by atoms with van der Waals surface area (Å²) in [6.07, 6.45) is 2.06. The molecule has 5 aromatic rings. The number of H-pyrrole nitrogens is 1. The number of halogens is 5. The minimum atomic E-state index is -5.92. The molecule has 0 saturated carbocycles. The van der Waals surface area contributed by atoms with E-state index < -0.39 is 23.7 Å². The summed E-state index contributed by atoms with van der Waals surface area (Å²) in [5.74, 6) is -7.78. The number of hydrogen-bond acceptors (Lipinski definition) is 3. The van der Waals surface area contributed by atoms with Crippen molar-refractivity contribution in [1.82, 2.24) is 4.98 Å². The van der Waals surface area contributed by atoms with Gasteiger partial charge in [0.1, 0.15) is 5.92 Å². The van der Waals surface area contributed by atoms with E-state index in [1.807, 2.05) is 72.8 Å². The number of rotatable bonds is 5. The summed E-state index contributed by atoms with van der Waals surface area (Å²) in [7, 11) is 0. The van der Waals surface area contributed by atoms with Crippen LogP contribution >= 0.6 is 0 Å². The Morgan fingerprint density at radius 1 is 0.455 bits per heavy atom. The van der Waals surface area contributed by atoms with Gasteiger partial charge >= 0.3 is 12.1 Å². The fraction of sp³-hybridized carbons (Fsp3) is 0.0652. The van der Waals surface area contributed by atoms with Crippen molar-refractivity contribution in [1.29, 1.82) is 0 Å². The number of allylic oxidation sites excluding steroid dienone is 7. The summed E-state index contributed by atoms with van der Waals surface area (Å²) in [6.45, 7) is 0. The van der Waals surface area contributed by atoms with Crippen molar-refractivity contribution >= 4 is 39.4 Å². The molecule has 4 aliphatic heterocycles. The highest BCUT2D eigenvalue weighted by atomic mass is 19.4. The van der Waals surface area contributed by atoms with Crippen molar-refractivity contribution in [3.8, 4) is 0 Å². The minimum Gasteiger partial charge on any atom is -0.354 e. The van der Waals surface area contributed by atoms with Crippen LogP contribution in [0.3, 0.4) is 0 Å². The van der Waals surface area contributed by atoms with E-state index in [9.17, 15) is 13.2 Å². The molecule has 9 heteroatoms. The highest BCUT2D eigenvalue weighted by Crippen LogP contribution is 2.52. The highest BCUT2D eigenvalue weighted by Gasteiger charge is 2.66.